The number of aromatic nitrogens is 2. The van der Waals surface area contributed by atoms with Crippen molar-refractivity contribution < 1.29 is 0 Å². The molecule has 0 bridgehead atoms. The fraction of sp³-hybridized carbons (Fsp3) is 0.143. The standard InChI is InChI=1S/C7H8N2O/c1-2-4-9-5-3-8-6-7(9)10/h2-3,5-6H,1,4H2. The van der Waals surface area contributed by atoms with Crippen LogP contribution in [0, 0.1) is 0 Å². The molecule has 0 amide bonds. The molecule has 3 nitrogen and oxygen atoms in total. The molecule has 52 valence electrons. The molecule has 0 N–H and O–H groups in total. The first kappa shape index (κ1) is 6.74. The van der Waals surface area contributed by atoms with Crippen LogP contribution in [0.4, 0.5) is 0 Å². The summed E-state index contributed by atoms with van der Waals surface area (Å²) in [6.07, 6.45) is 6.15. The third-order valence-corrected chi connectivity index (χ3v) is 1.13. The van der Waals surface area contributed by atoms with Gasteiger partial charge in [0.2, 0.25) is 0 Å². The molecule has 0 unspecified atom stereocenters. The molecule has 1 aromatic heterocycles. The van der Waals surface area contributed by atoms with Gasteiger partial charge in [0.05, 0.1) is 6.20 Å². The van der Waals surface area contributed by atoms with Gasteiger partial charge in [-0.3, -0.25) is 9.78 Å². The van der Waals surface area contributed by atoms with E-state index >= 15 is 0 Å². The minimum absolute atomic E-state index is 0.0950. The SMILES string of the molecule is C=CCn1ccncc1=O. The molecule has 1 heterocycles. The van der Waals surface area contributed by atoms with Gasteiger partial charge in [-0.25, -0.2) is 0 Å². The van der Waals surface area contributed by atoms with E-state index in [2.05, 4.69) is 11.6 Å². The molecule has 0 saturated heterocycles. The zero-order valence-electron chi connectivity index (χ0n) is 5.53. The van der Waals surface area contributed by atoms with Crippen LogP contribution in [0.15, 0.2) is 36.0 Å². The van der Waals surface area contributed by atoms with Crippen molar-refractivity contribution in [3.8, 4) is 0 Å². The molecule has 0 spiro atoms. The summed E-state index contributed by atoms with van der Waals surface area (Å²) in [6, 6.07) is 0. The molecule has 1 aromatic rings. The van der Waals surface area contributed by atoms with Crippen molar-refractivity contribution in [1.82, 2.24) is 9.55 Å². The zero-order chi connectivity index (χ0) is 7.40. The number of hydrogen-bond donors (Lipinski definition) is 0. The quantitative estimate of drug-likeness (QED) is 0.552. The van der Waals surface area contributed by atoms with E-state index in [0.29, 0.717) is 6.54 Å². The molecule has 3 heteroatoms. The number of hydrogen-bond acceptors (Lipinski definition) is 2. The molecule has 0 atom stereocenters. The van der Waals surface area contributed by atoms with E-state index < -0.39 is 0 Å². The minimum atomic E-state index is -0.0950. The van der Waals surface area contributed by atoms with Crippen molar-refractivity contribution in [2.45, 2.75) is 6.54 Å². The molecule has 0 aliphatic heterocycles. The molecule has 10 heavy (non-hydrogen) atoms. The smallest absolute Gasteiger partial charge is 0.269 e. The first-order chi connectivity index (χ1) is 4.84. The third-order valence-electron chi connectivity index (χ3n) is 1.13. The first-order valence-electron chi connectivity index (χ1n) is 2.96. The summed E-state index contributed by atoms with van der Waals surface area (Å²) in [7, 11) is 0. The van der Waals surface area contributed by atoms with Crippen molar-refractivity contribution in [3.05, 3.63) is 41.6 Å². The third kappa shape index (κ3) is 1.31. The molecule has 0 saturated carbocycles. The molecular formula is C7H8N2O. The average Bonchev–Trinajstić information content (AvgIpc) is 1.94. The predicted molar refractivity (Wildman–Crippen MR) is 38.7 cm³/mol. The summed E-state index contributed by atoms with van der Waals surface area (Å²) in [4.78, 5) is 14.5. The normalized spacial score (nSPS) is 9.20. The summed E-state index contributed by atoms with van der Waals surface area (Å²) in [6.45, 7) is 4.06. The van der Waals surface area contributed by atoms with Crippen LogP contribution in [0.1, 0.15) is 0 Å². The molecule has 0 aliphatic carbocycles. The lowest BCUT2D eigenvalue weighted by molar-refractivity contribution is 0.767. The lowest BCUT2D eigenvalue weighted by Gasteiger charge is -1.96. The van der Waals surface area contributed by atoms with Gasteiger partial charge in [-0.2, -0.15) is 0 Å². The number of allylic oxidation sites excluding steroid dienone is 1. The summed E-state index contributed by atoms with van der Waals surface area (Å²) in [5.74, 6) is 0. The highest BCUT2D eigenvalue weighted by molar-refractivity contribution is 4.83. The molecule has 1 rings (SSSR count). The van der Waals surface area contributed by atoms with Crippen LogP contribution in [0.2, 0.25) is 0 Å². The van der Waals surface area contributed by atoms with Crippen molar-refractivity contribution in [2.75, 3.05) is 0 Å². The maximum absolute atomic E-state index is 10.9. The Morgan fingerprint density at radius 3 is 3.20 bits per heavy atom. The molecule has 0 aliphatic rings. The Morgan fingerprint density at radius 1 is 1.80 bits per heavy atom. The van der Waals surface area contributed by atoms with Gasteiger partial charge in [-0.1, -0.05) is 6.08 Å². The molecule has 0 aromatic carbocycles. The summed E-state index contributed by atoms with van der Waals surface area (Å²) in [5, 5.41) is 0. The van der Waals surface area contributed by atoms with Crippen LogP contribution in [0.5, 0.6) is 0 Å². The van der Waals surface area contributed by atoms with Crippen molar-refractivity contribution >= 4 is 0 Å². The van der Waals surface area contributed by atoms with Crippen molar-refractivity contribution in [1.29, 1.82) is 0 Å². The highest BCUT2D eigenvalue weighted by Crippen LogP contribution is 1.77. The lowest BCUT2D eigenvalue weighted by Crippen LogP contribution is -2.17. The van der Waals surface area contributed by atoms with E-state index in [0.717, 1.165) is 0 Å². The van der Waals surface area contributed by atoms with Gasteiger partial charge in [-0.15, -0.1) is 6.58 Å². The zero-order valence-corrected chi connectivity index (χ0v) is 5.53. The second-order valence-electron chi connectivity index (χ2n) is 1.86. The van der Waals surface area contributed by atoms with E-state index in [9.17, 15) is 4.79 Å². The Labute approximate surface area is 58.6 Å². The predicted octanol–water partition coefficient (Wildman–Crippen LogP) is 0.429. The largest absolute Gasteiger partial charge is 0.309 e. The fourth-order valence-corrected chi connectivity index (χ4v) is 0.663. The first-order valence-corrected chi connectivity index (χ1v) is 2.96. The number of nitrogens with zero attached hydrogens (tertiary/aromatic N) is 2. The van der Waals surface area contributed by atoms with E-state index in [1.54, 1.807) is 18.5 Å². The molecule has 0 fully saturated rings. The van der Waals surface area contributed by atoms with E-state index in [1.807, 2.05) is 0 Å². The van der Waals surface area contributed by atoms with Gasteiger partial charge >= 0.3 is 0 Å². The summed E-state index contributed by atoms with van der Waals surface area (Å²) in [5.41, 5.74) is -0.0950. The van der Waals surface area contributed by atoms with Crippen LogP contribution in [0.3, 0.4) is 0 Å². The van der Waals surface area contributed by atoms with Crippen LogP contribution >= 0.6 is 0 Å². The van der Waals surface area contributed by atoms with Crippen LogP contribution in [-0.4, -0.2) is 9.55 Å². The highest BCUT2D eigenvalue weighted by atomic mass is 16.1. The van der Waals surface area contributed by atoms with Crippen LogP contribution in [-0.2, 0) is 6.54 Å². The van der Waals surface area contributed by atoms with E-state index in [-0.39, 0.29) is 5.56 Å². The second-order valence-corrected chi connectivity index (χ2v) is 1.86. The second kappa shape index (κ2) is 2.96. The Balaban J connectivity index is 3.03. The lowest BCUT2D eigenvalue weighted by atomic mass is 10.6. The van der Waals surface area contributed by atoms with Gasteiger partial charge in [0, 0.05) is 18.9 Å². The Kier molecular flexibility index (Phi) is 1.99. The maximum atomic E-state index is 10.9. The Bertz CT molecular complexity index is 277. The van der Waals surface area contributed by atoms with Gasteiger partial charge in [0.25, 0.3) is 5.56 Å². The Hall–Kier alpha value is -1.38. The van der Waals surface area contributed by atoms with E-state index in [4.69, 9.17) is 0 Å². The van der Waals surface area contributed by atoms with Gasteiger partial charge in [-0.05, 0) is 0 Å². The van der Waals surface area contributed by atoms with Gasteiger partial charge in [0.15, 0.2) is 0 Å². The van der Waals surface area contributed by atoms with Gasteiger partial charge in [0.1, 0.15) is 0 Å². The monoisotopic (exact) mass is 136 g/mol. The van der Waals surface area contributed by atoms with Crippen molar-refractivity contribution in [3.63, 3.8) is 0 Å². The number of rotatable bonds is 2. The van der Waals surface area contributed by atoms with E-state index in [1.165, 1.54) is 10.8 Å². The topological polar surface area (TPSA) is 34.9 Å². The van der Waals surface area contributed by atoms with Crippen LogP contribution < -0.4 is 5.56 Å². The maximum Gasteiger partial charge on any atom is 0.269 e. The highest BCUT2D eigenvalue weighted by Gasteiger charge is 1.87. The Morgan fingerprint density at radius 2 is 2.60 bits per heavy atom. The fourth-order valence-electron chi connectivity index (χ4n) is 0.663. The molecule has 0 radical (unpaired) electrons. The molecular weight excluding hydrogens is 128 g/mol. The summed E-state index contributed by atoms with van der Waals surface area (Å²) < 4.78 is 1.53. The summed E-state index contributed by atoms with van der Waals surface area (Å²) >= 11 is 0. The van der Waals surface area contributed by atoms with Crippen molar-refractivity contribution in [2.24, 2.45) is 0 Å². The van der Waals surface area contributed by atoms with Gasteiger partial charge < -0.3 is 4.57 Å². The minimum Gasteiger partial charge on any atom is -0.309 e. The van der Waals surface area contributed by atoms with Crippen LogP contribution in [0.25, 0.3) is 0 Å². The average molecular weight is 136 g/mol.